The fourth-order valence-corrected chi connectivity index (χ4v) is 3.87. The molecular formula is C16H16N6. The maximum atomic E-state index is 4.79. The van der Waals surface area contributed by atoms with Crippen molar-refractivity contribution in [2.75, 3.05) is 13.1 Å². The van der Waals surface area contributed by atoms with Gasteiger partial charge in [0.05, 0.1) is 16.7 Å². The maximum Gasteiger partial charge on any atom is 0.177 e. The Morgan fingerprint density at radius 2 is 1.82 bits per heavy atom. The second-order valence-electron chi connectivity index (χ2n) is 6.23. The zero-order valence-corrected chi connectivity index (χ0v) is 12.3. The van der Waals surface area contributed by atoms with Gasteiger partial charge in [0.15, 0.2) is 5.82 Å². The molecule has 1 aliphatic heterocycles. The summed E-state index contributed by atoms with van der Waals surface area (Å²) in [6.45, 7) is 4.12. The molecule has 1 fully saturated rings. The van der Waals surface area contributed by atoms with Crippen LogP contribution >= 0.6 is 0 Å². The summed E-state index contributed by atoms with van der Waals surface area (Å²) in [6.07, 6.45) is 4.43. The van der Waals surface area contributed by atoms with Crippen LogP contribution in [0.5, 0.6) is 0 Å². The van der Waals surface area contributed by atoms with E-state index in [0.717, 1.165) is 35.6 Å². The van der Waals surface area contributed by atoms with Crippen LogP contribution in [0.3, 0.4) is 0 Å². The van der Waals surface area contributed by atoms with Crippen LogP contribution in [0.15, 0.2) is 24.8 Å². The van der Waals surface area contributed by atoms with E-state index in [1.165, 1.54) is 23.9 Å². The van der Waals surface area contributed by atoms with Crippen LogP contribution in [0.1, 0.15) is 35.1 Å². The molecule has 0 spiro atoms. The molecule has 2 unspecified atom stereocenters. The van der Waals surface area contributed by atoms with E-state index >= 15 is 0 Å². The molecule has 3 heterocycles. The van der Waals surface area contributed by atoms with Gasteiger partial charge in [-0.1, -0.05) is 0 Å². The van der Waals surface area contributed by atoms with Crippen LogP contribution < -0.4 is 5.32 Å². The Kier molecular flexibility index (Phi) is 2.41. The number of piperidine rings is 1. The first-order valence-electron chi connectivity index (χ1n) is 7.67. The molecule has 6 nitrogen and oxygen atoms in total. The predicted molar refractivity (Wildman–Crippen MR) is 82.2 cm³/mol. The average molecular weight is 292 g/mol. The molecule has 2 aromatic heterocycles. The van der Waals surface area contributed by atoms with Gasteiger partial charge >= 0.3 is 0 Å². The molecule has 0 amide bonds. The number of rotatable bonds is 1. The molecule has 0 radical (unpaired) electrons. The van der Waals surface area contributed by atoms with Crippen molar-refractivity contribution < 1.29 is 0 Å². The summed E-state index contributed by atoms with van der Waals surface area (Å²) in [5.74, 6) is 2.01. The van der Waals surface area contributed by atoms with Gasteiger partial charge in [0, 0.05) is 13.1 Å². The molecular weight excluding hydrogens is 276 g/mol. The van der Waals surface area contributed by atoms with Gasteiger partial charge < -0.3 is 5.32 Å². The van der Waals surface area contributed by atoms with E-state index in [2.05, 4.69) is 27.5 Å². The van der Waals surface area contributed by atoms with Gasteiger partial charge in [0.25, 0.3) is 0 Å². The fourth-order valence-electron chi connectivity index (χ4n) is 3.87. The first-order chi connectivity index (χ1) is 10.8. The summed E-state index contributed by atoms with van der Waals surface area (Å²) in [5, 5.41) is 7.70. The minimum Gasteiger partial charge on any atom is -0.316 e. The largest absolute Gasteiger partial charge is 0.316 e. The van der Waals surface area contributed by atoms with Crippen LogP contribution in [0.2, 0.25) is 0 Å². The van der Waals surface area contributed by atoms with Crippen LogP contribution in [0.25, 0.3) is 16.9 Å². The third kappa shape index (κ3) is 1.64. The highest BCUT2D eigenvalue weighted by Crippen LogP contribution is 2.44. The Morgan fingerprint density at radius 3 is 2.50 bits per heavy atom. The quantitative estimate of drug-likeness (QED) is 0.739. The van der Waals surface area contributed by atoms with Crippen molar-refractivity contribution in [2.24, 2.45) is 0 Å². The van der Waals surface area contributed by atoms with Gasteiger partial charge in [-0.3, -0.25) is 0 Å². The molecule has 1 saturated heterocycles. The van der Waals surface area contributed by atoms with E-state index in [0.29, 0.717) is 11.8 Å². The molecule has 2 aliphatic rings. The fraction of sp³-hybridized carbons (Fsp3) is 0.375. The second-order valence-corrected chi connectivity index (χ2v) is 6.23. The van der Waals surface area contributed by atoms with Crippen LogP contribution in [0.4, 0.5) is 0 Å². The number of fused-ring (bicyclic) bond motifs is 6. The first-order valence-corrected chi connectivity index (χ1v) is 7.67. The van der Waals surface area contributed by atoms with Gasteiger partial charge in [-0.2, -0.15) is 5.10 Å². The topological polar surface area (TPSA) is 68.5 Å². The number of aromatic nitrogens is 5. The lowest BCUT2D eigenvalue weighted by atomic mass is 9.98. The van der Waals surface area contributed by atoms with Crippen molar-refractivity contribution in [3.05, 3.63) is 41.6 Å². The Balaban J connectivity index is 1.74. The normalized spacial score (nSPS) is 23.0. The van der Waals surface area contributed by atoms with E-state index in [-0.39, 0.29) is 0 Å². The SMILES string of the molecule is Cc1nc2cc3c(cc2nc1-n1cncn1)C1CNCC3C1. The monoisotopic (exact) mass is 292 g/mol. The lowest BCUT2D eigenvalue weighted by molar-refractivity contribution is 0.454. The van der Waals surface area contributed by atoms with Gasteiger partial charge in [0.1, 0.15) is 12.7 Å². The first kappa shape index (κ1) is 12.2. The second kappa shape index (κ2) is 4.33. The van der Waals surface area contributed by atoms with E-state index < -0.39 is 0 Å². The Bertz CT molecular complexity index is 870. The number of aryl methyl sites for hydroxylation is 1. The number of nitrogens with one attached hydrogen (secondary N) is 1. The van der Waals surface area contributed by atoms with E-state index in [1.54, 1.807) is 11.0 Å². The molecule has 22 heavy (non-hydrogen) atoms. The highest BCUT2D eigenvalue weighted by Gasteiger charge is 2.34. The maximum absolute atomic E-state index is 4.79. The van der Waals surface area contributed by atoms with Crippen molar-refractivity contribution >= 4 is 11.0 Å². The highest BCUT2D eigenvalue weighted by atomic mass is 15.3. The summed E-state index contributed by atoms with van der Waals surface area (Å²) in [4.78, 5) is 13.5. The molecule has 1 aliphatic carbocycles. The number of benzene rings is 1. The Labute approximate surface area is 127 Å². The van der Waals surface area contributed by atoms with E-state index in [9.17, 15) is 0 Å². The number of nitrogens with zero attached hydrogens (tertiary/aromatic N) is 5. The third-order valence-electron chi connectivity index (χ3n) is 4.88. The summed E-state index contributed by atoms with van der Waals surface area (Å²) >= 11 is 0. The molecule has 110 valence electrons. The van der Waals surface area contributed by atoms with Crippen molar-refractivity contribution in [1.82, 2.24) is 30.0 Å². The van der Waals surface area contributed by atoms with Gasteiger partial charge in [0.2, 0.25) is 0 Å². The summed E-state index contributed by atoms with van der Waals surface area (Å²) in [5.41, 5.74) is 5.71. The van der Waals surface area contributed by atoms with Crippen LogP contribution in [0, 0.1) is 6.92 Å². The van der Waals surface area contributed by atoms with Crippen molar-refractivity contribution in [3.63, 3.8) is 0 Å². The van der Waals surface area contributed by atoms with Crippen LogP contribution in [-0.2, 0) is 0 Å². The molecule has 0 saturated carbocycles. The smallest absolute Gasteiger partial charge is 0.177 e. The Hall–Kier alpha value is -2.34. The van der Waals surface area contributed by atoms with Crippen molar-refractivity contribution in [1.29, 1.82) is 0 Å². The summed E-state index contributed by atoms with van der Waals surface area (Å²) < 4.78 is 1.68. The van der Waals surface area contributed by atoms with E-state index in [4.69, 9.17) is 9.97 Å². The molecule has 1 N–H and O–H groups in total. The zero-order chi connectivity index (χ0) is 14.7. The Morgan fingerprint density at radius 1 is 1.09 bits per heavy atom. The summed E-state index contributed by atoms with van der Waals surface area (Å²) in [6, 6.07) is 4.47. The predicted octanol–water partition coefficient (Wildman–Crippen LogP) is 1.69. The minimum absolute atomic E-state index is 0.621. The molecule has 3 aromatic rings. The lowest BCUT2D eigenvalue weighted by Crippen LogP contribution is -2.28. The zero-order valence-electron chi connectivity index (χ0n) is 12.3. The summed E-state index contributed by atoms with van der Waals surface area (Å²) in [7, 11) is 0. The number of hydrogen-bond acceptors (Lipinski definition) is 5. The standard InChI is InChI=1S/C16H16N6/c1-9-16(22-8-18-7-19-22)21-15-4-13-11-2-10(5-17-6-11)12(13)3-14(15)20-9/h3-4,7-8,10-11,17H,2,5-6H2,1H3. The molecule has 2 atom stereocenters. The molecule has 2 bridgehead atoms. The van der Waals surface area contributed by atoms with Gasteiger partial charge in [-0.15, -0.1) is 0 Å². The third-order valence-corrected chi connectivity index (χ3v) is 4.88. The molecule has 1 aromatic carbocycles. The number of hydrogen-bond donors (Lipinski definition) is 1. The van der Waals surface area contributed by atoms with Gasteiger partial charge in [-0.25, -0.2) is 19.6 Å². The van der Waals surface area contributed by atoms with E-state index in [1.807, 2.05) is 6.92 Å². The van der Waals surface area contributed by atoms with Gasteiger partial charge in [-0.05, 0) is 48.4 Å². The molecule has 6 heteroatoms. The molecule has 5 rings (SSSR count). The lowest BCUT2D eigenvalue weighted by Gasteiger charge is -2.19. The average Bonchev–Trinajstić information content (AvgIpc) is 3.14. The van der Waals surface area contributed by atoms with Crippen molar-refractivity contribution in [2.45, 2.75) is 25.2 Å². The van der Waals surface area contributed by atoms with Crippen LogP contribution in [-0.4, -0.2) is 37.8 Å². The minimum atomic E-state index is 0.621. The van der Waals surface area contributed by atoms with Crippen molar-refractivity contribution in [3.8, 4) is 5.82 Å². The highest BCUT2D eigenvalue weighted by molar-refractivity contribution is 5.78.